The predicted octanol–water partition coefficient (Wildman–Crippen LogP) is 3.67. The lowest BCUT2D eigenvalue weighted by Gasteiger charge is -2.16. The highest BCUT2D eigenvalue weighted by atomic mass is 16.1. The molecule has 1 aromatic carbocycles. The van der Waals surface area contributed by atoms with Gasteiger partial charge in [0.25, 0.3) is 5.91 Å². The fraction of sp³-hybridized carbons (Fsp3) is 0.389. The number of amides is 1. The lowest BCUT2D eigenvalue weighted by Crippen LogP contribution is -2.34. The zero-order valence-electron chi connectivity index (χ0n) is 13.2. The Kier molecular flexibility index (Phi) is 5.19. The summed E-state index contributed by atoms with van der Waals surface area (Å²) in [5.74, 6) is 0.517. The lowest BCUT2D eigenvalue weighted by molar-refractivity contribution is 0.0933. The maximum Gasteiger partial charge on any atom is 0.251 e. The summed E-state index contributed by atoms with van der Waals surface area (Å²) in [5.41, 5.74) is 1.47. The molecule has 3 rings (SSSR count). The Labute approximate surface area is 136 Å². The van der Waals surface area contributed by atoms with Gasteiger partial charge < -0.3 is 10.6 Å². The summed E-state index contributed by atoms with van der Waals surface area (Å²) in [7, 11) is 0. The molecule has 120 valence electrons. The molecule has 1 saturated carbocycles. The molecule has 1 amide bonds. The second kappa shape index (κ2) is 7.72. The number of nitrogens with zero attached hydrogens (tertiary/aromatic N) is 2. The van der Waals surface area contributed by atoms with E-state index in [4.69, 9.17) is 0 Å². The number of carbonyl (C=O) groups is 1. The number of hydrogen-bond donors (Lipinski definition) is 2. The van der Waals surface area contributed by atoms with Crippen LogP contribution in [0.1, 0.15) is 48.9 Å². The number of anilines is 2. The molecule has 5 heteroatoms. The molecule has 0 bridgehead atoms. The van der Waals surface area contributed by atoms with Gasteiger partial charge in [-0.25, -0.2) is 9.97 Å². The lowest BCUT2D eigenvalue weighted by atomic mass is 10.1. The summed E-state index contributed by atoms with van der Waals surface area (Å²) < 4.78 is 0. The van der Waals surface area contributed by atoms with E-state index in [0.29, 0.717) is 17.6 Å². The zero-order valence-corrected chi connectivity index (χ0v) is 13.2. The van der Waals surface area contributed by atoms with E-state index in [1.54, 1.807) is 18.5 Å². The number of benzene rings is 1. The first-order valence-corrected chi connectivity index (χ1v) is 8.26. The molecule has 0 spiro atoms. The molecular formula is C18H22N4O. The highest BCUT2D eigenvalue weighted by Crippen LogP contribution is 2.19. The van der Waals surface area contributed by atoms with Crippen molar-refractivity contribution >= 4 is 17.5 Å². The first-order chi connectivity index (χ1) is 11.3. The van der Waals surface area contributed by atoms with E-state index >= 15 is 0 Å². The number of nitrogens with one attached hydrogen (secondary N) is 2. The summed E-state index contributed by atoms with van der Waals surface area (Å²) >= 11 is 0. The summed E-state index contributed by atoms with van der Waals surface area (Å²) in [4.78, 5) is 20.7. The third-order valence-electron chi connectivity index (χ3n) is 4.14. The summed E-state index contributed by atoms with van der Waals surface area (Å²) in [6.07, 6.45) is 10.5. The minimum Gasteiger partial charge on any atom is -0.349 e. The Morgan fingerprint density at radius 3 is 2.48 bits per heavy atom. The van der Waals surface area contributed by atoms with Crippen LogP contribution in [-0.2, 0) is 0 Å². The van der Waals surface area contributed by atoms with E-state index < -0.39 is 0 Å². The first kappa shape index (κ1) is 15.5. The molecule has 1 aliphatic carbocycles. The van der Waals surface area contributed by atoms with Gasteiger partial charge in [-0.15, -0.1) is 0 Å². The Balaban J connectivity index is 1.65. The molecule has 2 aromatic rings. The standard InChI is InChI=1S/C18H22N4O/c23-17(21-15-8-3-1-2-4-9-15)14-7-5-10-16(13-14)22-18-19-11-6-12-20-18/h5-7,10-13,15H,1-4,8-9H2,(H,21,23)(H,19,20,22). The van der Waals surface area contributed by atoms with Crippen LogP contribution < -0.4 is 10.6 Å². The molecule has 1 aromatic heterocycles. The van der Waals surface area contributed by atoms with Crippen LogP contribution in [-0.4, -0.2) is 21.9 Å². The van der Waals surface area contributed by atoms with Gasteiger partial charge in [0.2, 0.25) is 5.95 Å². The van der Waals surface area contributed by atoms with Crippen molar-refractivity contribution in [3.05, 3.63) is 48.3 Å². The van der Waals surface area contributed by atoms with Crippen molar-refractivity contribution in [2.75, 3.05) is 5.32 Å². The molecule has 0 aliphatic heterocycles. The SMILES string of the molecule is O=C(NC1CCCCCC1)c1cccc(Nc2ncccn2)c1. The van der Waals surface area contributed by atoms with Crippen LogP contribution in [0.2, 0.25) is 0 Å². The van der Waals surface area contributed by atoms with Gasteiger partial charge in [0.05, 0.1) is 0 Å². The third kappa shape index (κ3) is 4.52. The Hall–Kier alpha value is -2.43. The molecule has 1 heterocycles. The van der Waals surface area contributed by atoms with Crippen LogP contribution >= 0.6 is 0 Å². The van der Waals surface area contributed by atoms with Crippen molar-refractivity contribution in [3.8, 4) is 0 Å². The number of rotatable bonds is 4. The van der Waals surface area contributed by atoms with Crippen molar-refractivity contribution in [1.29, 1.82) is 0 Å². The van der Waals surface area contributed by atoms with Crippen LogP contribution in [0.25, 0.3) is 0 Å². The molecule has 0 atom stereocenters. The number of aromatic nitrogens is 2. The van der Waals surface area contributed by atoms with E-state index in [2.05, 4.69) is 20.6 Å². The second-order valence-electron chi connectivity index (χ2n) is 5.94. The Morgan fingerprint density at radius 2 is 1.74 bits per heavy atom. The third-order valence-corrected chi connectivity index (χ3v) is 4.14. The minimum absolute atomic E-state index is 0.00506. The molecule has 2 N–H and O–H groups in total. The molecule has 23 heavy (non-hydrogen) atoms. The summed E-state index contributed by atoms with van der Waals surface area (Å²) in [6.45, 7) is 0. The molecule has 1 fully saturated rings. The molecule has 1 aliphatic rings. The highest BCUT2D eigenvalue weighted by Gasteiger charge is 2.16. The van der Waals surface area contributed by atoms with Crippen LogP contribution in [0.4, 0.5) is 11.6 Å². The normalized spacial score (nSPS) is 15.7. The average molecular weight is 310 g/mol. The summed E-state index contributed by atoms with van der Waals surface area (Å²) in [6, 6.07) is 9.51. The molecule has 0 unspecified atom stereocenters. The van der Waals surface area contributed by atoms with Gasteiger partial charge >= 0.3 is 0 Å². The Morgan fingerprint density at radius 1 is 1.00 bits per heavy atom. The topological polar surface area (TPSA) is 66.9 Å². The van der Waals surface area contributed by atoms with Crippen molar-refractivity contribution in [3.63, 3.8) is 0 Å². The highest BCUT2D eigenvalue weighted by molar-refractivity contribution is 5.95. The molecular weight excluding hydrogens is 288 g/mol. The first-order valence-electron chi connectivity index (χ1n) is 8.26. The largest absolute Gasteiger partial charge is 0.349 e. The maximum atomic E-state index is 12.5. The minimum atomic E-state index is -0.00506. The maximum absolute atomic E-state index is 12.5. The van der Waals surface area contributed by atoms with E-state index in [9.17, 15) is 4.79 Å². The van der Waals surface area contributed by atoms with Crippen LogP contribution in [0, 0.1) is 0 Å². The average Bonchev–Trinajstić information content (AvgIpc) is 2.85. The van der Waals surface area contributed by atoms with Crippen LogP contribution in [0.3, 0.4) is 0 Å². The van der Waals surface area contributed by atoms with Gasteiger partial charge in [-0.05, 0) is 37.1 Å². The van der Waals surface area contributed by atoms with Crippen molar-refractivity contribution < 1.29 is 4.79 Å². The van der Waals surface area contributed by atoms with Gasteiger partial charge in [-0.3, -0.25) is 4.79 Å². The fourth-order valence-electron chi connectivity index (χ4n) is 2.92. The van der Waals surface area contributed by atoms with Crippen molar-refractivity contribution in [1.82, 2.24) is 15.3 Å². The van der Waals surface area contributed by atoms with Gasteiger partial charge in [0.1, 0.15) is 0 Å². The van der Waals surface area contributed by atoms with Crippen LogP contribution in [0.15, 0.2) is 42.7 Å². The summed E-state index contributed by atoms with van der Waals surface area (Å²) in [5, 5.41) is 6.28. The van der Waals surface area contributed by atoms with Gasteiger partial charge in [0.15, 0.2) is 0 Å². The molecule has 0 saturated heterocycles. The molecule has 0 radical (unpaired) electrons. The van der Waals surface area contributed by atoms with Crippen molar-refractivity contribution in [2.24, 2.45) is 0 Å². The van der Waals surface area contributed by atoms with E-state index in [-0.39, 0.29) is 5.91 Å². The number of carbonyl (C=O) groups excluding carboxylic acids is 1. The fourth-order valence-corrected chi connectivity index (χ4v) is 2.92. The number of hydrogen-bond acceptors (Lipinski definition) is 4. The second-order valence-corrected chi connectivity index (χ2v) is 5.94. The smallest absolute Gasteiger partial charge is 0.251 e. The van der Waals surface area contributed by atoms with E-state index in [1.807, 2.05) is 24.3 Å². The van der Waals surface area contributed by atoms with Gasteiger partial charge in [-0.2, -0.15) is 0 Å². The predicted molar refractivity (Wildman–Crippen MR) is 90.7 cm³/mol. The quantitative estimate of drug-likeness (QED) is 0.846. The van der Waals surface area contributed by atoms with Gasteiger partial charge in [-0.1, -0.05) is 31.7 Å². The van der Waals surface area contributed by atoms with Crippen molar-refractivity contribution in [2.45, 2.75) is 44.6 Å². The van der Waals surface area contributed by atoms with E-state index in [0.717, 1.165) is 18.5 Å². The van der Waals surface area contributed by atoms with Crippen LogP contribution in [0.5, 0.6) is 0 Å². The molecule has 5 nitrogen and oxygen atoms in total. The van der Waals surface area contributed by atoms with E-state index in [1.165, 1.54) is 25.7 Å². The Bertz CT molecular complexity index is 636. The monoisotopic (exact) mass is 310 g/mol. The van der Waals surface area contributed by atoms with Gasteiger partial charge in [0, 0.05) is 29.7 Å². The zero-order chi connectivity index (χ0) is 15.9.